The molecule has 0 aliphatic carbocycles. The van der Waals surface area contributed by atoms with E-state index in [4.69, 9.17) is 16.3 Å². The zero-order valence-corrected chi connectivity index (χ0v) is 17.4. The highest BCUT2D eigenvalue weighted by Crippen LogP contribution is 2.22. The van der Waals surface area contributed by atoms with Crippen LogP contribution in [0.4, 0.5) is 8.78 Å². The van der Waals surface area contributed by atoms with Crippen LogP contribution in [-0.2, 0) is 17.8 Å². The van der Waals surface area contributed by atoms with Crippen molar-refractivity contribution >= 4 is 23.4 Å². The molecule has 0 spiro atoms. The molecule has 10 heteroatoms. The van der Waals surface area contributed by atoms with E-state index in [0.717, 1.165) is 0 Å². The van der Waals surface area contributed by atoms with Gasteiger partial charge in [0.25, 0.3) is 12.3 Å². The zero-order chi connectivity index (χ0) is 22.1. The molecule has 0 unspecified atom stereocenters. The van der Waals surface area contributed by atoms with Crippen LogP contribution in [0.25, 0.3) is 0 Å². The fraction of sp³-hybridized carbons (Fsp3) is 0.400. The van der Waals surface area contributed by atoms with Crippen molar-refractivity contribution in [3.8, 4) is 5.88 Å². The van der Waals surface area contributed by atoms with Crippen LogP contribution in [-0.4, -0.2) is 41.4 Å². The van der Waals surface area contributed by atoms with Crippen molar-refractivity contribution in [2.45, 2.75) is 33.2 Å². The first kappa shape index (κ1) is 23.5. The van der Waals surface area contributed by atoms with Gasteiger partial charge in [-0.05, 0) is 23.8 Å². The molecule has 0 fully saturated rings. The summed E-state index contributed by atoms with van der Waals surface area (Å²) in [5.41, 5.74) is 1.53. The number of carbonyl (C=O) groups is 2. The summed E-state index contributed by atoms with van der Waals surface area (Å²) in [4.78, 5) is 32.4. The molecular weight excluding hydrogens is 418 g/mol. The van der Waals surface area contributed by atoms with E-state index in [1.807, 2.05) is 0 Å². The van der Waals surface area contributed by atoms with Crippen LogP contribution in [0.3, 0.4) is 0 Å². The first-order valence-corrected chi connectivity index (χ1v) is 9.71. The van der Waals surface area contributed by atoms with E-state index in [1.165, 1.54) is 12.3 Å². The van der Waals surface area contributed by atoms with E-state index >= 15 is 0 Å². The summed E-state index contributed by atoms with van der Waals surface area (Å²) in [6.07, 6.45) is 0.747. The molecule has 0 bridgehead atoms. The van der Waals surface area contributed by atoms with Crippen LogP contribution >= 0.6 is 11.6 Å². The highest BCUT2D eigenvalue weighted by Gasteiger charge is 2.14. The number of ether oxygens (including phenoxy) is 1. The highest BCUT2D eigenvalue weighted by molar-refractivity contribution is 6.31. The maximum atomic E-state index is 12.6. The SMILES string of the molecule is CC(C)C(=O)NCCc1ncccc1C(=O)NCc1cnc(OCC(F)F)c(Cl)c1. The smallest absolute Gasteiger partial charge is 0.272 e. The molecule has 2 rings (SSSR count). The fourth-order valence-electron chi connectivity index (χ4n) is 2.44. The summed E-state index contributed by atoms with van der Waals surface area (Å²) >= 11 is 5.99. The van der Waals surface area contributed by atoms with Crippen molar-refractivity contribution in [2.75, 3.05) is 13.2 Å². The molecular formula is C20H23ClF2N4O3. The third kappa shape index (κ3) is 7.22. The van der Waals surface area contributed by atoms with E-state index in [2.05, 4.69) is 20.6 Å². The second-order valence-electron chi connectivity index (χ2n) is 6.71. The number of pyridine rings is 2. The Labute approximate surface area is 178 Å². The second-order valence-corrected chi connectivity index (χ2v) is 7.12. The van der Waals surface area contributed by atoms with E-state index in [9.17, 15) is 18.4 Å². The Morgan fingerprint density at radius 1 is 1.23 bits per heavy atom. The predicted molar refractivity (Wildman–Crippen MR) is 108 cm³/mol. The quantitative estimate of drug-likeness (QED) is 0.592. The molecule has 2 heterocycles. The molecule has 0 radical (unpaired) electrons. The van der Waals surface area contributed by atoms with Gasteiger partial charge in [0.1, 0.15) is 5.02 Å². The van der Waals surface area contributed by atoms with Crippen LogP contribution in [0, 0.1) is 5.92 Å². The third-order valence-corrected chi connectivity index (χ3v) is 4.25. The molecule has 0 saturated carbocycles. The molecule has 162 valence electrons. The minimum absolute atomic E-state index is 0.0673. The lowest BCUT2D eigenvalue weighted by Crippen LogP contribution is -2.30. The number of rotatable bonds is 10. The van der Waals surface area contributed by atoms with E-state index in [0.29, 0.717) is 29.8 Å². The lowest BCUT2D eigenvalue weighted by molar-refractivity contribution is -0.123. The van der Waals surface area contributed by atoms with E-state index < -0.39 is 13.0 Å². The minimum atomic E-state index is -2.63. The lowest BCUT2D eigenvalue weighted by Gasteiger charge is -2.11. The Kier molecular flexibility index (Phi) is 8.91. The van der Waals surface area contributed by atoms with Crippen molar-refractivity contribution in [3.63, 3.8) is 0 Å². The molecule has 0 atom stereocenters. The van der Waals surface area contributed by atoms with Gasteiger partial charge in [-0.3, -0.25) is 14.6 Å². The summed E-state index contributed by atoms with van der Waals surface area (Å²) in [5, 5.41) is 5.61. The summed E-state index contributed by atoms with van der Waals surface area (Å²) < 4.78 is 29.3. The Morgan fingerprint density at radius 3 is 2.67 bits per heavy atom. The predicted octanol–water partition coefficient (Wildman–Crippen LogP) is 3.02. The standard InChI is InChI=1S/C20H23ClF2N4O3/c1-12(2)18(28)25-7-5-16-14(4-3-6-24-16)19(29)26-9-13-8-15(21)20(27-10-13)30-11-17(22)23/h3-4,6,8,10,12,17H,5,7,9,11H2,1-2H3,(H,25,28)(H,26,29). The average molecular weight is 441 g/mol. The number of nitrogens with one attached hydrogen (secondary N) is 2. The van der Waals surface area contributed by atoms with Crippen LogP contribution in [0.2, 0.25) is 5.02 Å². The number of aromatic nitrogens is 2. The first-order valence-electron chi connectivity index (χ1n) is 9.33. The minimum Gasteiger partial charge on any atom is -0.471 e. The molecule has 2 N–H and O–H groups in total. The topological polar surface area (TPSA) is 93.2 Å². The zero-order valence-electron chi connectivity index (χ0n) is 16.6. The molecule has 30 heavy (non-hydrogen) atoms. The van der Waals surface area contributed by atoms with Gasteiger partial charge in [0.15, 0.2) is 6.61 Å². The van der Waals surface area contributed by atoms with Gasteiger partial charge in [-0.2, -0.15) is 0 Å². The molecule has 2 aromatic rings. The van der Waals surface area contributed by atoms with E-state index in [-0.39, 0.29) is 35.2 Å². The number of halogens is 3. The number of carbonyl (C=O) groups excluding carboxylic acids is 2. The Balaban J connectivity index is 1.95. The first-order chi connectivity index (χ1) is 14.3. The molecule has 0 aliphatic heterocycles. The van der Waals surface area contributed by atoms with Crippen LogP contribution in [0.5, 0.6) is 5.88 Å². The van der Waals surface area contributed by atoms with Gasteiger partial charge in [0.05, 0.1) is 11.3 Å². The second kappa shape index (κ2) is 11.4. The number of alkyl halides is 2. The number of hydrogen-bond acceptors (Lipinski definition) is 5. The van der Waals surface area contributed by atoms with Gasteiger partial charge >= 0.3 is 0 Å². The van der Waals surface area contributed by atoms with Gasteiger partial charge < -0.3 is 15.4 Å². The maximum Gasteiger partial charge on any atom is 0.272 e. The summed E-state index contributed by atoms with van der Waals surface area (Å²) in [6, 6.07) is 4.79. The largest absolute Gasteiger partial charge is 0.471 e. The van der Waals surface area contributed by atoms with Gasteiger partial charge in [-0.15, -0.1) is 0 Å². The Bertz CT molecular complexity index is 881. The molecule has 0 aromatic carbocycles. The van der Waals surface area contributed by atoms with Crippen molar-refractivity contribution in [1.82, 2.24) is 20.6 Å². The van der Waals surface area contributed by atoms with E-state index in [1.54, 1.807) is 32.2 Å². The Morgan fingerprint density at radius 2 is 2.00 bits per heavy atom. The van der Waals surface area contributed by atoms with Crippen molar-refractivity contribution in [1.29, 1.82) is 0 Å². The lowest BCUT2D eigenvalue weighted by atomic mass is 10.1. The van der Waals surface area contributed by atoms with Crippen LogP contribution < -0.4 is 15.4 Å². The van der Waals surface area contributed by atoms with Gasteiger partial charge in [-0.1, -0.05) is 25.4 Å². The van der Waals surface area contributed by atoms with Crippen molar-refractivity contribution in [2.24, 2.45) is 5.92 Å². The monoisotopic (exact) mass is 440 g/mol. The number of amides is 2. The van der Waals surface area contributed by atoms with Crippen molar-refractivity contribution in [3.05, 3.63) is 52.4 Å². The molecule has 7 nitrogen and oxygen atoms in total. The third-order valence-electron chi connectivity index (χ3n) is 3.98. The van der Waals surface area contributed by atoms with Crippen LogP contribution in [0.15, 0.2) is 30.6 Å². The highest BCUT2D eigenvalue weighted by atomic mass is 35.5. The van der Waals surface area contributed by atoms with Crippen LogP contribution in [0.1, 0.15) is 35.5 Å². The average Bonchev–Trinajstić information content (AvgIpc) is 2.71. The molecule has 2 aromatic heterocycles. The molecule has 0 aliphatic rings. The summed E-state index contributed by atoms with van der Waals surface area (Å²) in [6.45, 7) is 3.29. The Hall–Kier alpha value is -2.81. The van der Waals surface area contributed by atoms with Gasteiger partial charge in [-0.25, -0.2) is 13.8 Å². The fourth-order valence-corrected chi connectivity index (χ4v) is 2.68. The normalized spacial score (nSPS) is 10.9. The summed E-state index contributed by atoms with van der Waals surface area (Å²) in [7, 11) is 0. The van der Waals surface area contributed by atoms with Gasteiger partial charge in [0.2, 0.25) is 11.8 Å². The maximum absolute atomic E-state index is 12.6. The number of nitrogens with zero attached hydrogens (tertiary/aromatic N) is 2. The number of hydrogen-bond donors (Lipinski definition) is 2. The summed E-state index contributed by atoms with van der Waals surface area (Å²) in [5.74, 6) is -0.626. The van der Waals surface area contributed by atoms with Crippen molar-refractivity contribution < 1.29 is 23.1 Å². The van der Waals surface area contributed by atoms with Gasteiger partial charge in [0, 0.05) is 37.8 Å². The molecule has 2 amide bonds. The molecule has 0 saturated heterocycles.